The van der Waals surface area contributed by atoms with Gasteiger partial charge in [0.2, 0.25) is 12.3 Å². The number of aryl methyl sites for hydroxylation is 1. The molecule has 1 aliphatic rings. The number of anilines is 2. The van der Waals surface area contributed by atoms with E-state index in [1.165, 1.54) is 35.0 Å². The van der Waals surface area contributed by atoms with Crippen molar-refractivity contribution in [3.05, 3.63) is 45.9 Å². The van der Waals surface area contributed by atoms with Crippen molar-refractivity contribution < 1.29 is 23.8 Å². The number of amidine groups is 1. The second kappa shape index (κ2) is 10.1. The van der Waals surface area contributed by atoms with Gasteiger partial charge in [-0.2, -0.15) is 5.10 Å². The molecule has 1 N–H and O–H groups in total. The van der Waals surface area contributed by atoms with Crippen molar-refractivity contribution in [3.63, 3.8) is 0 Å². The molecule has 176 valence electrons. The lowest BCUT2D eigenvalue weighted by molar-refractivity contribution is -0.114. The summed E-state index contributed by atoms with van der Waals surface area (Å²) in [7, 11) is 2.94. The van der Waals surface area contributed by atoms with Crippen LogP contribution >= 0.6 is 11.6 Å². The van der Waals surface area contributed by atoms with E-state index < -0.39 is 12.4 Å². The molecule has 0 spiro atoms. The molecule has 1 aliphatic heterocycles. The summed E-state index contributed by atoms with van der Waals surface area (Å²) in [5.74, 6) is -0.781. The molecular weight excluding hydrogens is 453 g/mol. The number of hydrazone groups is 1. The van der Waals surface area contributed by atoms with Crippen molar-refractivity contribution in [3.8, 4) is 5.88 Å². The van der Waals surface area contributed by atoms with Crippen LogP contribution in [0, 0.1) is 12.7 Å². The molecule has 0 radical (unpaired) electrons. The van der Waals surface area contributed by atoms with Gasteiger partial charge in [0, 0.05) is 31.9 Å². The first-order chi connectivity index (χ1) is 15.8. The van der Waals surface area contributed by atoms with Crippen molar-refractivity contribution >= 4 is 41.1 Å². The maximum absolute atomic E-state index is 15.0. The highest BCUT2D eigenvalue weighted by Gasteiger charge is 2.31. The zero-order valence-corrected chi connectivity index (χ0v) is 19.6. The number of amides is 2. The largest absolute Gasteiger partial charge is 0.480 e. The Morgan fingerprint density at radius 1 is 1.45 bits per heavy atom. The molecule has 1 aromatic carbocycles. The Balaban J connectivity index is 1.98. The average Bonchev–Trinajstić information content (AvgIpc) is 2.80. The van der Waals surface area contributed by atoms with E-state index in [0.717, 1.165) is 0 Å². The monoisotopic (exact) mass is 477 g/mol. The summed E-state index contributed by atoms with van der Waals surface area (Å²) in [5, 5.41) is 15.2. The number of aliphatic hydroxyl groups is 1. The van der Waals surface area contributed by atoms with E-state index in [2.05, 4.69) is 10.1 Å². The van der Waals surface area contributed by atoms with E-state index in [0.29, 0.717) is 42.7 Å². The van der Waals surface area contributed by atoms with Crippen molar-refractivity contribution in [1.29, 1.82) is 0 Å². The van der Waals surface area contributed by atoms with E-state index in [9.17, 15) is 14.7 Å². The minimum atomic E-state index is -0.670. The summed E-state index contributed by atoms with van der Waals surface area (Å²) >= 11 is 6.42. The normalized spacial score (nSPS) is 13.6. The number of rotatable bonds is 7. The lowest BCUT2D eigenvalue weighted by Crippen LogP contribution is -2.38. The summed E-state index contributed by atoms with van der Waals surface area (Å²) in [6, 6.07) is 2.72. The van der Waals surface area contributed by atoms with Gasteiger partial charge in [0.05, 0.1) is 18.5 Å². The fraction of sp³-hybridized carbons (Fsp3) is 0.364. The second-order valence-electron chi connectivity index (χ2n) is 7.37. The van der Waals surface area contributed by atoms with Gasteiger partial charge in [0.15, 0.2) is 5.84 Å². The van der Waals surface area contributed by atoms with E-state index in [1.54, 1.807) is 26.1 Å². The number of benzene rings is 1. The standard InChI is InChI=1S/C22H25ClFN5O4/c1-5-28(12-31)18(11-30)26-27(3)17-8-14-6-7-29(22(32)15(14)9-16(17)24)20-13(2)10-25-21(33-4)19(20)23/h8-10,12,30H,5-7,11H2,1-4H3/b26-18-. The molecule has 2 aromatic rings. The number of carbonyl (C=O) groups excluding carboxylic acids is 2. The molecule has 0 saturated carbocycles. The molecule has 0 atom stereocenters. The third-order valence-corrected chi connectivity index (χ3v) is 5.76. The van der Waals surface area contributed by atoms with Gasteiger partial charge >= 0.3 is 0 Å². The first kappa shape index (κ1) is 24.4. The summed E-state index contributed by atoms with van der Waals surface area (Å²) < 4.78 is 20.2. The molecule has 2 amide bonds. The summed E-state index contributed by atoms with van der Waals surface area (Å²) in [4.78, 5) is 31.2. The third-order valence-electron chi connectivity index (χ3n) is 5.42. The second-order valence-corrected chi connectivity index (χ2v) is 7.75. The molecule has 33 heavy (non-hydrogen) atoms. The Hall–Kier alpha value is -3.24. The van der Waals surface area contributed by atoms with Crippen LogP contribution in [-0.4, -0.2) is 67.0 Å². The number of pyridine rings is 1. The molecular formula is C22H25ClFN5O4. The minimum Gasteiger partial charge on any atom is -0.480 e. The maximum Gasteiger partial charge on any atom is 0.258 e. The molecule has 0 aliphatic carbocycles. The minimum absolute atomic E-state index is 0.0751. The molecule has 0 bridgehead atoms. The SMILES string of the molecule is CCN(C=O)/C(CO)=N\N(C)c1cc2c(cc1F)C(=O)N(c1c(C)cnc(OC)c1Cl)CC2. The Bertz CT molecular complexity index is 1110. The fourth-order valence-electron chi connectivity index (χ4n) is 3.70. The van der Waals surface area contributed by atoms with Gasteiger partial charge in [-0.05, 0) is 43.5 Å². The molecule has 0 unspecified atom stereocenters. The lowest BCUT2D eigenvalue weighted by Gasteiger charge is -2.31. The van der Waals surface area contributed by atoms with Crippen LogP contribution in [0.3, 0.4) is 0 Å². The van der Waals surface area contributed by atoms with Gasteiger partial charge in [-0.25, -0.2) is 9.37 Å². The Kier molecular flexibility index (Phi) is 7.50. The number of fused-ring (bicyclic) bond motifs is 1. The van der Waals surface area contributed by atoms with Gasteiger partial charge in [-0.15, -0.1) is 0 Å². The summed E-state index contributed by atoms with van der Waals surface area (Å²) in [6.07, 6.45) is 2.56. The molecule has 0 saturated heterocycles. The predicted molar refractivity (Wildman–Crippen MR) is 124 cm³/mol. The van der Waals surface area contributed by atoms with E-state index in [1.807, 2.05) is 0 Å². The number of halogens is 2. The van der Waals surface area contributed by atoms with Crippen LogP contribution in [0.15, 0.2) is 23.4 Å². The molecule has 0 fully saturated rings. The van der Waals surface area contributed by atoms with Crippen LogP contribution in [0.5, 0.6) is 5.88 Å². The van der Waals surface area contributed by atoms with Crippen molar-refractivity contribution in [1.82, 2.24) is 9.88 Å². The number of methoxy groups -OCH3 is 1. The van der Waals surface area contributed by atoms with Crippen LogP contribution in [0.2, 0.25) is 5.02 Å². The highest BCUT2D eigenvalue weighted by molar-refractivity contribution is 6.35. The van der Waals surface area contributed by atoms with Crippen molar-refractivity contribution in [2.75, 3.05) is 43.8 Å². The lowest BCUT2D eigenvalue weighted by atomic mass is 9.97. The highest BCUT2D eigenvalue weighted by atomic mass is 35.5. The number of nitrogens with zero attached hydrogens (tertiary/aromatic N) is 5. The third kappa shape index (κ3) is 4.62. The highest BCUT2D eigenvalue weighted by Crippen LogP contribution is 2.38. The average molecular weight is 478 g/mol. The molecule has 9 nitrogen and oxygen atoms in total. The summed E-state index contributed by atoms with van der Waals surface area (Å²) in [6.45, 7) is 3.64. The molecule has 1 aromatic heterocycles. The number of ether oxygens (including phenoxy) is 1. The zero-order chi connectivity index (χ0) is 24.3. The molecule has 2 heterocycles. The van der Waals surface area contributed by atoms with Gasteiger partial charge < -0.3 is 14.7 Å². The number of hydrogen-bond donors (Lipinski definition) is 1. The molecule has 3 rings (SSSR count). The number of likely N-dealkylation sites (N-methyl/N-ethyl adjacent to an activating group) is 1. The smallest absolute Gasteiger partial charge is 0.258 e. The van der Waals surface area contributed by atoms with Crippen LogP contribution in [-0.2, 0) is 11.2 Å². The van der Waals surface area contributed by atoms with Crippen LogP contribution in [0.25, 0.3) is 0 Å². The fourth-order valence-corrected chi connectivity index (χ4v) is 4.07. The Labute approximate surface area is 196 Å². The topological polar surface area (TPSA) is 98.6 Å². The Morgan fingerprint density at radius 3 is 2.79 bits per heavy atom. The first-order valence-electron chi connectivity index (χ1n) is 10.2. The van der Waals surface area contributed by atoms with Crippen LogP contribution in [0.4, 0.5) is 15.8 Å². The van der Waals surface area contributed by atoms with Crippen LogP contribution in [0.1, 0.15) is 28.4 Å². The van der Waals surface area contributed by atoms with Crippen molar-refractivity contribution in [2.24, 2.45) is 5.10 Å². The summed E-state index contributed by atoms with van der Waals surface area (Å²) in [5.41, 5.74) is 2.15. The number of aromatic nitrogens is 1. The van der Waals surface area contributed by atoms with Gasteiger partial charge in [-0.1, -0.05) is 11.6 Å². The van der Waals surface area contributed by atoms with E-state index in [4.69, 9.17) is 16.3 Å². The zero-order valence-electron chi connectivity index (χ0n) is 18.8. The van der Waals surface area contributed by atoms with Crippen LogP contribution < -0.4 is 14.6 Å². The van der Waals surface area contributed by atoms with Gasteiger partial charge in [-0.3, -0.25) is 19.5 Å². The van der Waals surface area contributed by atoms with E-state index in [-0.39, 0.29) is 33.9 Å². The predicted octanol–water partition coefficient (Wildman–Crippen LogP) is 2.61. The molecule has 11 heteroatoms. The number of carbonyl (C=O) groups is 2. The van der Waals surface area contributed by atoms with E-state index >= 15 is 4.39 Å². The first-order valence-corrected chi connectivity index (χ1v) is 10.6. The quantitative estimate of drug-likeness (QED) is 0.285. The van der Waals surface area contributed by atoms with Crippen molar-refractivity contribution in [2.45, 2.75) is 20.3 Å². The van der Waals surface area contributed by atoms with Gasteiger partial charge in [0.25, 0.3) is 5.91 Å². The Morgan fingerprint density at radius 2 is 2.18 bits per heavy atom. The maximum atomic E-state index is 15.0. The van der Waals surface area contributed by atoms with Gasteiger partial charge in [0.1, 0.15) is 17.4 Å². The number of aliphatic hydroxyl groups excluding tert-OH is 1. The number of hydrogen-bond acceptors (Lipinski definition) is 7.